The van der Waals surface area contributed by atoms with E-state index in [2.05, 4.69) is 31.5 Å². The largest absolute Gasteiger partial charge is 0.288 e. The molecule has 4 rings (SSSR count). The lowest BCUT2D eigenvalue weighted by Gasteiger charge is -2.13. The summed E-state index contributed by atoms with van der Waals surface area (Å²) in [6, 6.07) is 28.3. The van der Waals surface area contributed by atoms with Crippen molar-refractivity contribution in [2.24, 2.45) is 0 Å². The molecule has 0 fully saturated rings. The van der Waals surface area contributed by atoms with Crippen LogP contribution < -0.4 is 0 Å². The average molecular weight is 431 g/mol. The van der Waals surface area contributed by atoms with Gasteiger partial charge in [-0.1, -0.05) is 91.0 Å². The number of hydrogen-bond donors (Lipinski definition) is 0. The van der Waals surface area contributed by atoms with Gasteiger partial charge in [0, 0.05) is 16.7 Å². The fourth-order valence-corrected chi connectivity index (χ4v) is 3.49. The fourth-order valence-electron chi connectivity index (χ4n) is 2.87. The second-order valence-corrected chi connectivity index (χ2v) is 6.80. The van der Waals surface area contributed by atoms with E-state index < -0.39 is 0 Å². The third kappa shape index (κ3) is 3.54. The molecule has 0 radical (unpaired) electrons. The number of carbonyl (C=O) groups is 1. The highest BCUT2D eigenvalue weighted by molar-refractivity contribution is 9.12. The molecular formula is C22H15BrN4O. The predicted octanol–water partition coefficient (Wildman–Crippen LogP) is 4.83. The summed E-state index contributed by atoms with van der Waals surface area (Å²) in [6.45, 7) is 0. The molecule has 0 spiro atoms. The van der Waals surface area contributed by atoms with Crippen molar-refractivity contribution in [3.8, 4) is 11.4 Å². The lowest BCUT2D eigenvalue weighted by Crippen LogP contribution is -2.10. The van der Waals surface area contributed by atoms with Gasteiger partial charge in [-0.15, -0.1) is 5.10 Å². The second-order valence-electron chi connectivity index (χ2n) is 6.00. The zero-order valence-electron chi connectivity index (χ0n) is 14.7. The van der Waals surface area contributed by atoms with E-state index in [0.29, 0.717) is 21.6 Å². The maximum atomic E-state index is 13.1. The highest BCUT2D eigenvalue weighted by Gasteiger charge is 2.22. The van der Waals surface area contributed by atoms with Crippen LogP contribution in [-0.4, -0.2) is 26.0 Å². The maximum absolute atomic E-state index is 13.1. The summed E-state index contributed by atoms with van der Waals surface area (Å²) >= 11 is 3.53. The third-order valence-corrected chi connectivity index (χ3v) is 4.94. The number of hydrogen-bond acceptors (Lipinski definition) is 4. The second kappa shape index (κ2) is 8.10. The molecule has 0 aliphatic heterocycles. The molecule has 4 aromatic rings. The number of rotatable bonds is 5. The average Bonchev–Trinajstić information content (AvgIpc) is 3.24. The van der Waals surface area contributed by atoms with Crippen molar-refractivity contribution in [2.75, 3.05) is 0 Å². The summed E-state index contributed by atoms with van der Waals surface area (Å²) in [6.07, 6.45) is 0. The molecule has 3 aromatic carbocycles. The monoisotopic (exact) mass is 430 g/mol. The maximum Gasteiger partial charge on any atom is 0.202 e. The van der Waals surface area contributed by atoms with Crippen molar-refractivity contribution < 1.29 is 4.79 Å². The standard InChI is InChI=1S/C22H15BrN4O/c23-19(21(28)17-12-6-2-7-13-17)20(16-10-4-1-5-11-16)27-22(24-25-26-27)18-14-8-3-9-15-18/h1-15H/b20-19+. The van der Waals surface area contributed by atoms with E-state index >= 15 is 0 Å². The summed E-state index contributed by atoms with van der Waals surface area (Å²) < 4.78 is 1.98. The molecule has 1 heterocycles. The molecule has 5 nitrogen and oxygen atoms in total. The number of nitrogens with zero attached hydrogens (tertiary/aromatic N) is 4. The van der Waals surface area contributed by atoms with Gasteiger partial charge in [0.1, 0.15) is 0 Å². The summed E-state index contributed by atoms with van der Waals surface area (Å²) in [5.41, 5.74) is 2.84. The first-order valence-corrected chi connectivity index (χ1v) is 9.44. The summed E-state index contributed by atoms with van der Waals surface area (Å²) in [4.78, 5) is 13.1. The van der Waals surface area contributed by atoms with E-state index in [1.807, 2.05) is 78.9 Å². The molecule has 6 heteroatoms. The Bertz CT molecular complexity index is 1120. The molecule has 0 aliphatic rings. The van der Waals surface area contributed by atoms with Gasteiger partial charge in [-0.3, -0.25) is 4.79 Å². The number of carbonyl (C=O) groups excluding carboxylic acids is 1. The van der Waals surface area contributed by atoms with Crippen LogP contribution in [0, 0.1) is 0 Å². The van der Waals surface area contributed by atoms with Crippen LogP contribution in [0.2, 0.25) is 0 Å². The summed E-state index contributed by atoms with van der Waals surface area (Å²) in [5, 5.41) is 12.2. The van der Waals surface area contributed by atoms with Crippen LogP contribution in [0.3, 0.4) is 0 Å². The molecule has 0 atom stereocenters. The Kier molecular flexibility index (Phi) is 5.21. The Morgan fingerprint density at radius 2 is 1.29 bits per heavy atom. The Hall–Kier alpha value is -3.38. The van der Waals surface area contributed by atoms with Gasteiger partial charge in [-0.05, 0) is 26.4 Å². The smallest absolute Gasteiger partial charge is 0.202 e. The summed E-state index contributed by atoms with van der Waals surface area (Å²) in [5.74, 6) is 0.409. The first kappa shape index (κ1) is 18.0. The lowest BCUT2D eigenvalue weighted by atomic mass is 10.1. The van der Waals surface area contributed by atoms with Crippen LogP contribution in [0.1, 0.15) is 15.9 Å². The minimum absolute atomic E-state index is 0.144. The van der Waals surface area contributed by atoms with Gasteiger partial charge in [-0.25, -0.2) is 0 Å². The minimum atomic E-state index is -0.144. The fraction of sp³-hybridized carbons (Fsp3) is 0. The van der Waals surface area contributed by atoms with Crippen molar-refractivity contribution in [3.05, 3.63) is 107 Å². The molecule has 136 valence electrons. The number of tetrazole rings is 1. The van der Waals surface area contributed by atoms with Gasteiger partial charge in [0.05, 0.1) is 10.2 Å². The number of Topliss-reactive ketones (excluding diaryl/α,β-unsaturated/α-hetero) is 1. The quantitative estimate of drug-likeness (QED) is 0.335. The number of halogens is 1. The lowest BCUT2D eigenvalue weighted by molar-refractivity contribution is 0.104. The molecule has 0 unspecified atom stereocenters. The Morgan fingerprint density at radius 3 is 1.89 bits per heavy atom. The van der Waals surface area contributed by atoms with Crippen LogP contribution in [0.15, 0.2) is 95.5 Å². The minimum Gasteiger partial charge on any atom is -0.288 e. The van der Waals surface area contributed by atoms with Crippen LogP contribution in [0.4, 0.5) is 0 Å². The molecule has 0 bridgehead atoms. The van der Waals surface area contributed by atoms with Crippen LogP contribution in [0.25, 0.3) is 17.1 Å². The van der Waals surface area contributed by atoms with Gasteiger partial charge < -0.3 is 0 Å². The normalized spacial score (nSPS) is 11.8. The number of aromatic nitrogens is 4. The van der Waals surface area contributed by atoms with E-state index in [0.717, 1.165) is 11.1 Å². The third-order valence-electron chi connectivity index (χ3n) is 4.20. The van der Waals surface area contributed by atoms with Crippen LogP contribution >= 0.6 is 15.9 Å². The van der Waals surface area contributed by atoms with Crippen molar-refractivity contribution in [1.82, 2.24) is 20.2 Å². The van der Waals surface area contributed by atoms with Gasteiger partial charge in [0.25, 0.3) is 0 Å². The van der Waals surface area contributed by atoms with Crippen molar-refractivity contribution in [3.63, 3.8) is 0 Å². The first-order valence-electron chi connectivity index (χ1n) is 8.65. The first-order chi connectivity index (χ1) is 13.8. The number of benzene rings is 3. The van der Waals surface area contributed by atoms with Gasteiger partial charge in [-0.2, -0.15) is 4.68 Å². The molecule has 0 aliphatic carbocycles. The van der Waals surface area contributed by atoms with Crippen molar-refractivity contribution in [1.29, 1.82) is 0 Å². The molecule has 28 heavy (non-hydrogen) atoms. The number of ketones is 1. The number of allylic oxidation sites excluding steroid dienone is 1. The SMILES string of the molecule is O=C(/C(Br)=C(/c1ccccc1)n1nnnc1-c1ccccc1)c1ccccc1. The zero-order chi connectivity index (χ0) is 19.3. The van der Waals surface area contributed by atoms with Gasteiger partial charge in [0.15, 0.2) is 5.82 Å². The van der Waals surface area contributed by atoms with Crippen LogP contribution in [0.5, 0.6) is 0 Å². The van der Waals surface area contributed by atoms with E-state index in [-0.39, 0.29) is 5.78 Å². The van der Waals surface area contributed by atoms with E-state index in [4.69, 9.17) is 0 Å². The van der Waals surface area contributed by atoms with Crippen molar-refractivity contribution >= 4 is 27.4 Å². The highest BCUT2D eigenvalue weighted by Crippen LogP contribution is 2.30. The topological polar surface area (TPSA) is 60.7 Å². The Balaban J connectivity index is 1.92. The molecule has 0 saturated carbocycles. The molecular weight excluding hydrogens is 416 g/mol. The highest BCUT2D eigenvalue weighted by atomic mass is 79.9. The molecule has 0 saturated heterocycles. The van der Waals surface area contributed by atoms with Crippen molar-refractivity contribution in [2.45, 2.75) is 0 Å². The summed E-state index contributed by atoms with van der Waals surface area (Å²) in [7, 11) is 0. The Labute approximate surface area is 170 Å². The van der Waals surface area contributed by atoms with Crippen LogP contribution in [-0.2, 0) is 0 Å². The molecule has 0 N–H and O–H groups in total. The van der Waals surface area contributed by atoms with E-state index in [1.54, 1.807) is 16.8 Å². The Morgan fingerprint density at radius 1 is 0.750 bits per heavy atom. The van der Waals surface area contributed by atoms with E-state index in [9.17, 15) is 4.79 Å². The predicted molar refractivity (Wildman–Crippen MR) is 112 cm³/mol. The van der Waals surface area contributed by atoms with Gasteiger partial charge in [0.2, 0.25) is 5.78 Å². The molecule has 0 amide bonds. The molecule has 1 aromatic heterocycles. The zero-order valence-corrected chi connectivity index (χ0v) is 16.3. The van der Waals surface area contributed by atoms with E-state index in [1.165, 1.54) is 0 Å². The van der Waals surface area contributed by atoms with Gasteiger partial charge >= 0.3 is 0 Å².